The topological polar surface area (TPSA) is 55.5 Å². The number of rotatable bonds is 6. The number of fused-ring (bicyclic) bond motifs is 3. The van der Waals surface area contributed by atoms with Crippen molar-refractivity contribution in [2.45, 2.75) is 32.9 Å². The van der Waals surface area contributed by atoms with Crippen molar-refractivity contribution in [1.29, 1.82) is 0 Å². The number of nitrogens with zero attached hydrogens (tertiary/aromatic N) is 5. The maximum absolute atomic E-state index is 12.7. The minimum Gasteiger partial charge on any atom is -0.483 e. The average molecular weight is 357 g/mol. The van der Waals surface area contributed by atoms with Crippen LogP contribution in [-0.2, 0) is 13.2 Å². The van der Waals surface area contributed by atoms with E-state index in [-0.39, 0.29) is 5.69 Å². The van der Waals surface area contributed by atoms with Crippen molar-refractivity contribution < 1.29 is 4.74 Å². The van der Waals surface area contributed by atoms with Crippen LogP contribution in [0.3, 0.4) is 0 Å². The molecule has 0 atom stereocenters. The summed E-state index contributed by atoms with van der Waals surface area (Å²) in [6.07, 6.45) is 2.06. The summed E-state index contributed by atoms with van der Waals surface area (Å²) in [7, 11) is 0. The number of ether oxygens (including phenoxy) is 1. The van der Waals surface area contributed by atoms with Gasteiger partial charge in [0.1, 0.15) is 12.4 Å². The number of benzene rings is 1. The Morgan fingerprint density at radius 2 is 1.77 bits per heavy atom. The van der Waals surface area contributed by atoms with E-state index in [1.165, 1.54) is 13.1 Å². The molecule has 26 heavy (non-hydrogen) atoms. The molecule has 2 aromatic rings. The molecule has 1 saturated heterocycles. The lowest BCUT2D eigenvalue weighted by Gasteiger charge is -2.33. The Bertz CT molecular complexity index is 805. The third-order valence-corrected chi connectivity index (χ3v) is 5.38. The summed E-state index contributed by atoms with van der Waals surface area (Å²) in [5.41, 5.74) is 0.728. The maximum atomic E-state index is 12.7. The van der Waals surface area contributed by atoms with Gasteiger partial charge in [-0.1, -0.05) is 19.1 Å². The van der Waals surface area contributed by atoms with Crippen LogP contribution < -0.4 is 10.4 Å². The lowest BCUT2D eigenvalue weighted by atomic mass is 10.2. The lowest BCUT2D eigenvalue weighted by Crippen LogP contribution is -2.46. The zero-order valence-electron chi connectivity index (χ0n) is 15.4. The van der Waals surface area contributed by atoms with Crippen LogP contribution >= 0.6 is 0 Å². The molecule has 7 nitrogen and oxygen atoms in total. The Hall–Kier alpha value is -2.12. The highest BCUT2D eigenvalue weighted by molar-refractivity contribution is 5.48. The molecular formula is C19H27N5O2. The van der Waals surface area contributed by atoms with Crippen LogP contribution in [0.15, 0.2) is 29.1 Å². The smallest absolute Gasteiger partial charge is 0.350 e. The Labute approximate surface area is 153 Å². The van der Waals surface area contributed by atoms with Gasteiger partial charge in [-0.25, -0.2) is 14.0 Å². The van der Waals surface area contributed by atoms with Crippen LogP contribution in [0.1, 0.15) is 25.6 Å². The quantitative estimate of drug-likeness (QED) is 0.731. The van der Waals surface area contributed by atoms with E-state index >= 15 is 0 Å². The summed E-state index contributed by atoms with van der Waals surface area (Å²) in [6.45, 7) is 10.1. The van der Waals surface area contributed by atoms with Crippen molar-refractivity contribution in [3.05, 3.63) is 40.6 Å². The summed E-state index contributed by atoms with van der Waals surface area (Å²) in [4.78, 5) is 17.7. The van der Waals surface area contributed by atoms with Gasteiger partial charge in [-0.15, -0.1) is 0 Å². The predicted octanol–water partition coefficient (Wildman–Crippen LogP) is 1.34. The maximum Gasteiger partial charge on any atom is 0.350 e. The second-order valence-corrected chi connectivity index (χ2v) is 7.00. The van der Waals surface area contributed by atoms with Crippen LogP contribution in [0, 0.1) is 0 Å². The summed E-state index contributed by atoms with van der Waals surface area (Å²) >= 11 is 0. The molecule has 0 spiro atoms. The Kier molecular flexibility index (Phi) is 5.08. The van der Waals surface area contributed by atoms with Crippen molar-refractivity contribution in [3.8, 4) is 11.4 Å². The number of aromatic nitrogens is 3. The summed E-state index contributed by atoms with van der Waals surface area (Å²) < 4.78 is 8.97. The van der Waals surface area contributed by atoms with Gasteiger partial charge in [0, 0.05) is 32.7 Å². The van der Waals surface area contributed by atoms with Gasteiger partial charge in [-0.2, -0.15) is 5.10 Å². The van der Waals surface area contributed by atoms with Crippen LogP contribution in [0.25, 0.3) is 5.69 Å². The van der Waals surface area contributed by atoms with Crippen LogP contribution in [-0.4, -0.2) is 63.4 Å². The van der Waals surface area contributed by atoms with Crippen LogP contribution in [0.5, 0.6) is 5.75 Å². The highest BCUT2D eigenvalue weighted by Crippen LogP contribution is 2.26. The molecule has 7 heteroatoms. The molecule has 2 aliphatic rings. The van der Waals surface area contributed by atoms with Crippen LogP contribution in [0.4, 0.5) is 0 Å². The number of unbranched alkanes of at least 4 members (excludes halogenated alkanes) is 1. The van der Waals surface area contributed by atoms with Gasteiger partial charge in [-0.3, -0.25) is 0 Å². The molecule has 0 bridgehead atoms. The number of hydrogen-bond donors (Lipinski definition) is 0. The summed E-state index contributed by atoms with van der Waals surface area (Å²) in [5.74, 6) is 1.43. The SMILES string of the molecule is CCN1CCN(CCCCn2nc3n(c2=O)-c2ccccc2OC3)CC1. The third-order valence-electron chi connectivity index (χ3n) is 5.38. The van der Waals surface area contributed by atoms with Crippen molar-refractivity contribution in [3.63, 3.8) is 0 Å². The fraction of sp³-hybridized carbons (Fsp3) is 0.579. The molecule has 0 N–H and O–H groups in total. The zero-order chi connectivity index (χ0) is 17.9. The predicted molar refractivity (Wildman–Crippen MR) is 99.9 cm³/mol. The highest BCUT2D eigenvalue weighted by atomic mass is 16.5. The molecule has 140 valence electrons. The molecule has 0 amide bonds. The van der Waals surface area contributed by atoms with E-state index in [9.17, 15) is 4.79 Å². The molecule has 1 aromatic carbocycles. The first kappa shape index (κ1) is 17.3. The van der Waals surface area contributed by atoms with Crippen molar-refractivity contribution in [2.24, 2.45) is 0 Å². The van der Waals surface area contributed by atoms with E-state index in [4.69, 9.17) is 4.74 Å². The van der Waals surface area contributed by atoms with Gasteiger partial charge in [0.2, 0.25) is 0 Å². The fourth-order valence-corrected chi connectivity index (χ4v) is 3.77. The number of aryl methyl sites for hydroxylation is 1. The first-order valence-corrected chi connectivity index (χ1v) is 9.62. The molecule has 3 heterocycles. The summed E-state index contributed by atoms with van der Waals surface area (Å²) in [5, 5.41) is 4.48. The van der Waals surface area contributed by atoms with Crippen molar-refractivity contribution in [2.75, 3.05) is 39.3 Å². The fourth-order valence-electron chi connectivity index (χ4n) is 3.77. The lowest BCUT2D eigenvalue weighted by molar-refractivity contribution is 0.135. The average Bonchev–Trinajstić information content (AvgIpc) is 3.02. The number of likely N-dealkylation sites (N-methyl/N-ethyl adjacent to an activating group) is 1. The Morgan fingerprint density at radius 3 is 2.58 bits per heavy atom. The Balaban J connectivity index is 1.33. The second-order valence-electron chi connectivity index (χ2n) is 7.00. The monoisotopic (exact) mass is 357 g/mol. The van der Waals surface area contributed by atoms with Crippen LogP contribution in [0.2, 0.25) is 0 Å². The zero-order valence-corrected chi connectivity index (χ0v) is 15.4. The number of para-hydroxylation sites is 2. The molecule has 0 aliphatic carbocycles. The third kappa shape index (κ3) is 3.41. The van der Waals surface area contributed by atoms with E-state index in [0.29, 0.717) is 19.0 Å². The van der Waals surface area contributed by atoms with E-state index in [1.807, 2.05) is 24.3 Å². The number of piperazine rings is 1. The first-order chi connectivity index (χ1) is 12.8. The molecule has 0 unspecified atom stereocenters. The molecular weight excluding hydrogens is 330 g/mol. The van der Waals surface area contributed by atoms with Gasteiger partial charge in [0.15, 0.2) is 5.82 Å². The van der Waals surface area contributed by atoms with E-state index in [1.54, 1.807) is 9.25 Å². The van der Waals surface area contributed by atoms with Crippen molar-refractivity contribution in [1.82, 2.24) is 24.1 Å². The van der Waals surface area contributed by atoms with Gasteiger partial charge in [0.05, 0.1) is 5.69 Å². The van der Waals surface area contributed by atoms with Crippen molar-refractivity contribution >= 4 is 0 Å². The molecule has 1 fully saturated rings. The minimum absolute atomic E-state index is 0.0627. The first-order valence-electron chi connectivity index (χ1n) is 9.62. The molecule has 4 rings (SSSR count). The van der Waals surface area contributed by atoms with Gasteiger partial charge < -0.3 is 14.5 Å². The molecule has 2 aliphatic heterocycles. The molecule has 1 aromatic heterocycles. The van der Waals surface area contributed by atoms with Gasteiger partial charge in [-0.05, 0) is 38.1 Å². The largest absolute Gasteiger partial charge is 0.483 e. The number of hydrogen-bond acceptors (Lipinski definition) is 5. The Morgan fingerprint density at radius 1 is 1.04 bits per heavy atom. The summed E-state index contributed by atoms with van der Waals surface area (Å²) in [6, 6.07) is 7.63. The molecule has 0 radical (unpaired) electrons. The van der Waals surface area contributed by atoms with E-state index in [0.717, 1.165) is 50.5 Å². The molecule has 0 saturated carbocycles. The van der Waals surface area contributed by atoms with E-state index < -0.39 is 0 Å². The van der Waals surface area contributed by atoms with Gasteiger partial charge >= 0.3 is 5.69 Å². The van der Waals surface area contributed by atoms with Gasteiger partial charge in [0.25, 0.3) is 0 Å². The highest BCUT2D eigenvalue weighted by Gasteiger charge is 2.22. The minimum atomic E-state index is -0.0627. The second kappa shape index (κ2) is 7.63. The van der Waals surface area contributed by atoms with E-state index in [2.05, 4.69) is 21.8 Å². The normalized spacial score (nSPS) is 17.6. The standard InChI is InChI=1S/C19H27N5O2/c1-2-21-11-13-22(14-12-21)9-5-6-10-23-19(25)24-16-7-3-4-8-17(16)26-15-18(24)20-23/h3-4,7-8H,2,5-6,9-15H2,1H3.